The number of nitrogens with zero attached hydrogens (tertiary/aromatic N) is 1. The van der Waals surface area contributed by atoms with Gasteiger partial charge in [0.15, 0.2) is 0 Å². The second kappa shape index (κ2) is 8.32. The van der Waals surface area contributed by atoms with Gasteiger partial charge in [0.05, 0.1) is 6.04 Å². The van der Waals surface area contributed by atoms with E-state index in [1.807, 2.05) is 31.0 Å². The first-order valence-electron chi connectivity index (χ1n) is 9.32. The summed E-state index contributed by atoms with van der Waals surface area (Å²) in [6.07, 6.45) is 4.28. The smallest absolute Gasteiger partial charge is 0.321 e. The van der Waals surface area contributed by atoms with E-state index in [1.54, 1.807) is 0 Å². The lowest BCUT2D eigenvalue weighted by atomic mass is 10.1. The van der Waals surface area contributed by atoms with Crippen molar-refractivity contribution in [2.45, 2.75) is 51.2 Å². The minimum Gasteiger partial charge on any atom is -0.335 e. The summed E-state index contributed by atoms with van der Waals surface area (Å²) in [6.45, 7) is 2.46. The number of imide groups is 1. The van der Waals surface area contributed by atoms with Crippen molar-refractivity contribution in [2.24, 2.45) is 0 Å². The molecule has 1 aliphatic rings. The van der Waals surface area contributed by atoms with Crippen LogP contribution in [0.15, 0.2) is 42.5 Å². The van der Waals surface area contributed by atoms with Crippen molar-refractivity contribution in [3.8, 4) is 0 Å². The van der Waals surface area contributed by atoms with Crippen molar-refractivity contribution in [2.75, 3.05) is 7.05 Å². The van der Waals surface area contributed by atoms with Gasteiger partial charge in [-0.25, -0.2) is 4.79 Å². The van der Waals surface area contributed by atoms with E-state index in [0.29, 0.717) is 6.54 Å². The summed E-state index contributed by atoms with van der Waals surface area (Å²) in [4.78, 5) is 26.3. The number of amides is 3. The first-order valence-corrected chi connectivity index (χ1v) is 9.32. The molecule has 2 aromatic carbocycles. The van der Waals surface area contributed by atoms with Crippen molar-refractivity contribution in [1.29, 1.82) is 0 Å². The molecule has 2 aromatic rings. The molecule has 5 heteroatoms. The summed E-state index contributed by atoms with van der Waals surface area (Å²) >= 11 is 0. The van der Waals surface area contributed by atoms with Gasteiger partial charge < -0.3 is 5.32 Å². The van der Waals surface area contributed by atoms with Gasteiger partial charge in [-0.15, -0.1) is 0 Å². The molecule has 2 N–H and O–H groups in total. The predicted molar refractivity (Wildman–Crippen MR) is 104 cm³/mol. The number of likely N-dealkylation sites (N-methyl/N-ethyl adjacent to an activating group) is 1. The molecule has 138 valence electrons. The Hall–Kier alpha value is -2.40. The maximum atomic E-state index is 12.4. The average Bonchev–Trinajstić information content (AvgIpc) is 3.13. The van der Waals surface area contributed by atoms with Crippen LogP contribution in [-0.4, -0.2) is 36.0 Å². The molecule has 1 atom stereocenters. The SMILES string of the molecule is CC(C(=O)NC(=O)NC1CCCC1)N(C)Cc1ccc2ccccc2c1. The number of urea groups is 1. The van der Waals surface area contributed by atoms with Gasteiger partial charge >= 0.3 is 6.03 Å². The summed E-state index contributed by atoms with van der Waals surface area (Å²) in [6, 6.07) is 14.0. The molecule has 1 unspecified atom stereocenters. The lowest BCUT2D eigenvalue weighted by Crippen LogP contribution is -2.50. The van der Waals surface area contributed by atoms with Gasteiger partial charge in [0.1, 0.15) is 0 Å². The third-order valence-corrected chi connectivity index (χ3v) is 5.21. The van der Waals surface area contributed by atoms with Crippen LogP contribution >= 0.6 is 0 Å². The Morgan fingerprint density at radius 3 is 2.54 bits per heavy atom. The van der Waals surface area contributed by atoms with Crippen LogP contribution in [0.5, 0.6) is 0 Å². The fourth-order valence-electron chi connectivity index (χ4n) is 3.47. The predicted octanol–water partition coefficient (Wildman–Crippen LogP) is 3.43. The molecule has 0 aromatic heterocycles. The van der Waals surface area contributed by atoms with E-state index in [9.17, 15) is 9.59 Å². The number of benzene rings is 2. The van der Waals surface area contributed by atoms with Crippen molar-refractivity contribution in [3.05, 3.63) is 48.0 Å². The fourth-order valence-corrected chi connectivity index (χ4v) is 3.47. The molecule has 1 aliphatic carbocycles. The number of nitrogens with one attached hydrogen (secondary N) is 2. The van der Waals surface area contributed by atoms with Gasteiger partial charge in [0, 0.05) is 12.6 Å². The molecular weight excluding hydrogens is 326 g/mol. The summed E-state index contributed by atoms with van der Waals surface area (Å²) in [5, 5.41) is 7.74. The topological polar surface area (TPSA) is 61.4 Å². The molecule has 5 nitrogen and oxygen atoms in total. The number of hydrogen-bond acceptors (Lipinski definition) is 3. The summed E-state index contributed by atoms with van der Waals surface area (Å²) in [5.41, 5.74) is 1.14. The van der Waals surface area contributed by atoms with Crippen molar-refractivity contribution in [3.63, 3.8) is 0 Å². The molecule has 0 radical (unpaired) electrons. The van der Waals surface area contributed by atoms with E-state index in [4.69, 9.17) is 0 Å². The second-order valence-electron chi connectivity index (χ2n) is 7.22. The molecule has 0 aliphatic heterocycles. The van der Waals surface area contributed by atoms with Gasteiger partial charge in [-0.2, -0.15) is 0 Å². The van der Waals surface area contributed by atoms with E-state index >= 15 is 0 Å². The van der Waals surface area contributed by atoms with Gasteiger partial charge in [-0.05, 0) is 49.2 Å². The molecule has 1 fully saturated rings. The zero-order chi connectivity index (χ0) is 18.5. The normalized spacial score (nSPS) is 16.0. The lowest BCUT2D eigenvalue weighted by molar-refractivity contribution is -0.124. The highest BCUT2D eigenvalue weighted by atomic mass is 16.2. The molecule has 3 amide bonds. The maximum absolute atomic E-state index is 12.4. The Kier molecular flexibility index (Phi) is 5.89. The number of rotatable bonds is 5. The zero-order valence-corrected chi connectivity index (χ0v) is 15.5. The first kappa shape index (κ1) is 18.4. The number of hydrogen-bond donors (Lipinski definition) is 2. The van der Waals surface area contributed by atoms with Crippen LogP contribution in [0.1, 0.15) is 38.2 Å². The molecule has 0 spiro atoms. The van der Waals surface area contributed by atoms with E-state index in [-0.39, 0.29) is 18.0 Å². The molecule has 26 heavy (non-hydrogen) atoms. The Balaban J connectivity index is 1.54. The van der Waals surface area contributed by atoms with Crippen molar-refractivity contribution < 1.29 is 9.59 Å². The molecule has 3 rings (SSSR count). The highest BCUT2D eigenvalue weighted by Crippen LogP contribution is 2.18. The quantitative estimate of drug-likeness (QED) is 0.866. The molecular formula is C21H27N3O2. The third kappa shape index (κ3) is 4.61. The van der Waals surface area contributed by atoms with Crippen LogP contribution in [0.4, 0.5) is 4.79 Å². The Morgan fingerprint density at radius 1 is 1.12 bits per heavy atom. The van der Waals surface area contributed by atoms with Crippen LogP contribution in [-0.2, 0) is 11.3 Å². The number of carbonyl (C=O) groups is 2. The molecule has 0 saturated heterocycles. The Morgan fingerprint density at radius 2 is 1.81 bits per heavy atom. The maximum Gasteiger partial charge on any atom is 0.321 e. The average molecular weight is 353 g/mol. The Labute approximate surface area is 154 Å². The second-order valence-corrected chi connectivity index (χ2v) is 7.22. The van der Waals surface area contributed by atoms with Crippen molar-refractivity contribution in [1.82, 2.24) is 15.5 Å². The largest absolute Gasteiger partial charge is 0.335 e. The van der Waals surface area contributed by atoms with Crippen LogP contribution in [0, 0.1) is 0 Å². The van der Waals surface area contributed by atoms with Gasteiger partial charge in [-0.1, -0.05) is 49.2 Å². The summed E-state index contributed by atoms with van der Waals surface area (Å²) < 4.78 is 0. The van der Waals surface area contributed by atoms with Gasteiger partial charge in [-0.3, -0.25) is 15.0 Å². The minimum atomic E-state index is -0.393. The Bertz CT molecular complexity index is 784. The van der Waals surface area contributed by atoms with E-state index in [2.05, 4.69) is 41.0 Å². The van der Waals surface area contributed by atoms with Crippen molar-refractivity contribution >= 4 is 22.7 Å². The lowest BCUT2D eigenvalue weighted by Gasteiger charge is -2.24. The molecule has 0 heterocycles. The van der Waals surface area contributed by atoms with Crippen LogP contribution in [0.25, 0.3) is 10.8 Å². The minimum absolute atomic E-state index is 0.202. The summed E-state index contributed by atoms with van der Waals surface area (Å²) in [5.74, 6) is -0.274. The monoisotopic (exact) mass is 353 g/mol. The summed E-state index contributed by atoms with van der Waals surface area (Å²) in [7, 11) is 1.90. The fraction of sp³-hybridized carbons (Fsp3) is 0.429. The van der Waals surface area contributed by atoms with E-state index in [0.717, 1.165) is 31.2 Å². The van der Waals surface area contributed by atoms with E-state index < -0.39 is 6.04 Å². The van der Waals surface area contributed by atoms with Gasteiger partial charge in [0.25, 0.3) is 0 Å². The van der Waals surface area contributed by atoms with Crippen LogP contribution in [0.2, 0.25) is 0 Å². The number of fused-ring (bicyclic) bond motifs is 1. The third-order valence-electron chi connectivity index (χ3n) is 5.21. The van der Waals surface area contributed by atoms with Gasteiger partial charge in [0.2, 0.25) is 5.91 Å². The molecule has 0 bridgehead atoms. The van der Waals surface area contributed by atoms with Crippen LogP contribution in [0.3, 0.4) is 0 Å². The number of carbonyl (C=O) groups excluding carboxylic acids is 2. The first-order chi connectivity index (χ1) is 12.5. The molecule has 1 saturated carbocycles. The van der Waals surface area contributed by atoms with Crippen LogP contribution < -0.4 is 10.6 Å². The highest BCUT2D eigenvalue weighted by molar-refractivity contribution is 5.96. The zero-order valence-electron chi connectivity index (χ0n) is 15.5. The van der Waals surface area contributed by atoms with E-state index in [1.165, 1.54) is 10.8 Å². The highest BCUT2D eigenvalue weighted by Gasteiger charge is 2.22. The standard InChI is InChI=1S/C21H27N3O2/c1-15(20(25)23-21(26)22-19-9-5-6-10-19)24(2)14-16-11-12-17-7-3-4-8-18(17)13-16/h3-4,7-8,11-13,15,19H,5-6,9-10,14H2,1-2H3,(H2,22,23,25,26).